The Morgan fingerprint density at radius 3 is 2.47 bits per heavy atom. The van der Waals surface area contributed by atoms with Gasteiger partial charge in [-0.3, -0.25) is 0 Å². The molecule has 1 heterocycles. The van der Waals surface area contributed by atoms with Crippen LogP contribution in [0.25, 0.3) is 10.8 Å². The second-order valence-electron chi connectivity index (χ2n) is 4.24. The number of hydrogen-bond donors (Lipinski definition) is 0. The Bertz CT molecular complexity index is 692. The maximum atomic E-state index is 12.2. The Hall–Kier alpha value is -0.870. The summed E-state index contributed by atoms with van der Waals surface area (Å²) < 4.78 is 17.7. The van der Waals surface area contributed by atoms with Crippen LogP contribution in [0.4, 0.5) is 5.69 Å². The fourth-order valence-corrected chi connectivity index (χ4v) is 3.98. The third-order valence-electron chi connectivity index (χ3n) is 3.04. The van der Waals surface area contributed by atoms with Crippen molar-refractivity contribution in [2.75, 3.05) is 11.5 Å². The van der Waals surface area contributed by atoms with E-state index in [1.54, 1.807) is 0 Å². The van der Waals surface area contributed by atoms with Gasteiger partial charge in [0, 0.05) is 21.4 Å². The molecule has 0 amide bonds. The molecule has 0 unspecified atom stereocenters. The first-order valence-corrected chi connectivity index (χ1v) is 8.22. The maximum Gasteiger partial charge on any atom is 0.0808 e. The van der Waals surface area contributed by atoms with Crippen molar-refractivity contribution in [1.29, 1.82) is 0 Å². The van der Waals surface area contributed by atoms with Gasteiger partial charge in [-0.1, -0.05) is 40.2 Å². The van der Waals surface area contributed by atoms with E-state index >= 15 is 0 Å². The molecule has 0 aromatic heterocycles. The smallest absolute Gasteiger partial charge is 0.0808 e. The maximum absolute atomic E-state index is 12.2. The van der Waals surface area contributed by atoms with Crippen molar-refractivity contribution in [3.8, 4) is 0 Å². The van der Waals surface area contributed by atoms with Gasteiger partial charge in [-0.15, -0.1) is 0 Å². The SMILES string of the molecule is O=S1(=Nc2cccc3c(Br)cccc23)CCC1. The van der Waals surface area contributed by atoms with Crippen LogP contribution >= 0.6 is 15.9 Å². The molecule has 0 saturated carbocycles. The fraction of sp³-hybridized carbons (Fsp3) is 0.231. The van der Waals surface area contributed by atoms with Crippen molar-refractivity contribution in [2.45, 2.75) is 6.42 Å². The van der Waals surface area contributed by atoms with Crippen LogP contribution in [-0.2, 0) is 9.73 Å². The zero-order chi connectivity index (χ0) is 11.9. The topological polar surface area (TPSA) is 29.4 Å². The molecule has 1 fully saturated rings. The summed E-state index contributed by atoms with van der Waals surface area (Å²) >= 11 is 3.53. The van der Waals surface area contributed by atoms with Gasteiger partial charge in [-0.2, -0.15) is 4.36 Å². The summed E-state index contributed by atoms with van der Waals surface area (Å²) in [5.74, 6) is 1.49. The lowest BCUT2D eigenvalue weighted by Crippen LogP contribution is -2.22. The molecule has 17 heavy (non-hydrogen) atoms. The summed E-state index contributed by atoms with van der Waals surface area (Å²) in [4.78, 5) is 0. The lowest BCUT2D eigenvalue weighted by Gasteiger charge is -2.18. The molecule has 2 nitrogen and oxygen atoms in total. The fourth-order valence-electron chi connectivity index (χ4n) is 2.00. The molecule has 0 bridgehead atoms. The average Bonchev–Trinajstić information content (AvgIpc) is 2.28. The van der Waals surface area contributed by atoms with E-state index in [1.807, 2.05) is 36.4 Å². The van der Waals surface area contributed by atoms with E-state index in [9.17, 15) is 4.21 Å². The molecule has 0 N–H and O–H groups in total. The second-order valence-corrected chi connectivity index (χ2v) is 7.64. The highest BCUT2D eigenvalue weighted by Crippen LogP contribution is 2.32. The third-order valence-corrected chi connectivity index (χ3v) is 6.11. The molecule has 1 aliphatic heterocycles. The van der Waals surface area contributed by atoms with Gasteiger partial charge in [-0.25, -0.2) is 4.21 Å². The van der Waals surface area contributed by atoms with Gasteiger partial charge in [0.2, 0.25) is 0 Å². The molecule has 0 aliphatic carbocycles. The van der Waals surface area contributed by atoms with Gasteiger partial charge in [0.05, 0.1) is 15.4 Å². The summed E-state index contributed by atoms with van der Waals surface area (Å²) in [6.45, 7) is 0. The molecule has 3 rings (SSSR count). The highest BCUT2D eigenvalue weighted by molar-refractivity contribution is 9.10. The van der Waals surface area contributed by atoms with E-state index in [0.29, 0.717) is 0 Å². The molecular weight excluding hydrogens is 298 g/mol. The molecule has 1 saturated heterocycles. The lowest BCUT2D eigenvalue weighted by atomic mass is 10.1. The van der Waals surface area contributed by atoms with Gasteiger partial charge >= 0.3 is 0 Å². The first kappa shape index (κ1) is 11.2. The van der Waals surface area contributed by atoms with Crippen molar-refractivity contribution < 1.29 is 4.21 Å². The van der Waals surface area contributed by atoms with Crippen LogP contribution in [-0.4, -0.2) is 15.7 Å². The summed E-state index contributed by atoms with van der Waals surface area (Å²) in [6, 6.07) is 12.0. The van der Waals surface area contributed by atoms with Crippen LogP contribution in [0.3, 0.4) is 0 Å². The number of fused-ring (bicyclic) bond motifs is 1. The van der Waals surface area contributed by atoms with Gasteiger partial charge in [0.25, 0.3) is 0 Å². The molecule has 0 atom stereocenters. The predicted octanol–water partition coefficient (Wildman–Crippen LogP) is 4.11. The minimum Gasteiger partial charge on any atom is -0.249 e. The van der Waals surface area contributed by atoms with Crippen LogP contribution in [0.2, 0.25) is 0 Å². The van der Waals surface area contributed by atoms with Gasteiger partial charge in [-0.05, 0) is 23.9 Å². The first-order valence-electron chi connectivity index (χ1n) is 5.58. The van der Waals surface area contributed by atoms with E-state index in [4.69, 9.17) is 0 Å². The molecule has 2 aromatic carbocycles. The predicted molar refractivity (Wildman–Crippen MR) is 76.2 cm³/mol. The van der Waals surface area contributed by atoms with Gasteiger partial charge in [0.15, 0.2) is 0 Å². The van der Waals surface area contributed by atoms with Crippen LogP contribution in [0.1, 0.15) is 6.42 Å². The van der Waals surface area contributed by atoms with Crippen molar-refractivity contribution in [1.82, 2.24) is 0 Å². The van der Waals surface area contributed by atoms with E-state index in [-0.39, 0.29) is 0 Å². The highest BCUT2D eigenvalue weighted by Gasteiger charge is 2.19. The molecule has 2 aromatic rings. The zero-order valence-corrected chi connectivity index (χ0v) is 11.6. The summed E-state index contributed by atoms with van der Waals surface area (Å²) in [5, 5.41) is 2.19. The van der Waals surface area contributed by atoms with Gasteiger partial charge < -0.3 is 0 Å². The summed E-state index contributed by atoms with van der Waals surface area (Å²) in [7, 11) is -1.94. The van der Waals surface area contributed by atoms with E-state index < -0.39 is 9.73 Å². The highest BCUT2D eigenvalue weighted by atomic mass is 79.9. The largest absolute Gasteiger partial charge is 0.249 e. The number of rotatable bonds is 1. The molecule has 88 valence electrons. The standard InChI is InChI=1S/C13H12BrNOS/c14-12-6-1-5-11-10(12)4-2-7-13(11)15-17(16)8-3-9-17/h1-2,4-7H,3,8-9H2. The summed E-state index contributed by atoms with van der Waals surface area (Å²) in [6.07, 6.45) is 1.04. The van der Waals surface area contributed by atoms with Crippen LogP contribution in [0.15, 0.2) is 45.2 Å². The minimum absolute atomic E-state index is 0.747. The van der Waals surface area contributed by atoms with Crippen molar-refractivity contribution >= 4 is 42.1 Å². The average molecular weight is 310 g/mol. The van der Waals surface area contributed by atoms with Crippen molar-refractivity contribution in [3.05, 3.63) is 40.9 Å². The third kappa shape index (κ3) is 2.00. The molecule has 4 heteroatoms. The van der Waals surface area contributed by atoms with E-state index in [0.717, 1.165) is 38.9 Å². The molecule has 0 spiro atoms. The molecule has 1 aliphatic rings. The first-order chi connectivity index (χ1) is 8.18. The van der Waals surface area contributed by atoms with Crippen molar-refractivity contribution in [2.24, 2.45) is 4.36 Å². The summed E-state index contributed by atoms with van der Waals surface area (Å²) in [5.41, 5.74) is 0.855. The van der Waals surface area contributed by atoms with Gasteiger partial charge in [0.1, 0.15) is 0 Å². The number of nitrogens with zero attached hydrogens (tertiary/aromatic N) is 1. The van der Waals surface area contributed by atoms with Crippen LogP contribution in [0, 0.1) is 0 Å². The Labute approximate surface area is 109 Å². The van der Waals surface area contributed by atoms with E-state index in [1.165, 1.54) is 0 Å². The van der Waals surface area contributed by atoms with Crippen LogP contribution in [0.5, 0.6) is 0 Å². The molecular formula is C13H12BrNOS. The monoisotopic (exact) mass is 309 g/mol. The Morgan fingerprint density at radius 1 is 1.06 bits per heavy atom. The van der Waals surface area contributed by atoms with E-state index in [2.05, 4.69) is 20.3 Å². The zero-order valence-electron chi connectivity index (χ0n) is 9.23. The molecule has 0 radical (unpaired) electrons. The lowest BCUT2D eigenvalue weighted by molar-refractivity contribution is 0.663. The normalized spacial score (nSPS) is 17.7. The Balaban J connectivity index is 2.28. The Morgan fingerprint density at radius 2 is 1.76 bits per heavy atom. The number of benzene rings is 2. The quantitative estimate of drug-likeness (QED) is 0.779. The Kier molecular flexibility index (Phi) is 2.71. The number of halogens is 1. The van der Waals surface area contributed by atoms with Crippen LogP contribution < -0.4 is 0 Å². The number of hydrogen-bond acceptors (Lipinski definition) is 2. The second kappa shape index (κ2) is 4.10. The minimum atomic E-state index is -1.94. The van der Waals surface area contributed by atoms with Crippen molar-refractivity contribution in [3.63, 3.8) is 0 Å².